The predicted octanol–water partition coefficient (Wildman–Crippen LogP) is 0.494. The first-order chi connectivity index (χ1) is 8.78. The molecule has 1 saturated heterocycles. The summed E-state index contributed by atoms with van der Waals surface area (Å²) in [7, 11) is 0. The molecule has 3 rings (SSSR count). The van der Waals surface area contributed by atoms with Crippen LogP contribution in [-0.4, -0.2) is 23.1 Å². The second-order valence-electron chi connectivity index (χ2n) is 5.18. The number of aryl methyl sites for hydroxylation is 1. The lowest BCUT2D eigenvalue weighted by atomic mass is 10.0. The van der Waals surface area contributed by atoms with Gasteiger partial charge in [-0.15, -0.1) is 11.3 Å². The highest BCUT2D eigenvalue weighted by Gasteiger charge is 2.20. The molecule has 0 aliphatic carbocycles. The minimum Gasteiger partial charge on any atom is -1.00 e. The van der Waals surface area contributed by atoms with Crippen molar-refractivity contribution in [2.75, 3.05) is 18.0 Å². The molecule has 3 heterocycles. The summed E-state index contributed by atoms with van der Waals surface area (Å²) in [5.41, 5.74) is 0. The van der Waals surface area contributed by atoms with Crippen LogP contribution in [-0.2, 0) is 6.42 Å². The summed E-state index contributed by atoms with van der Waals surface area (Å²) in [6, 6.07) is 2.27. The molecule has 0 N–H and O–H groups in total. The molecule has 0 aromatic carbocycles. The molecule has 5 heteroatoms. The summed E-state index contributed by atoms with van der Waals surface area (Å²) in [6.07, 6.45) is 5.41. The molecule has 1 unspecified atom stereocenters. The largest absolute Gasteiger partial charge is 1.00 e. The fourth-order valence-electron chi connectivity index (χ4n) is 2.70. The van der Waals surface area contributed by atoms with E-state index in [0.29, 0.717) is 0 Å². The smallest absolute Gasteiger partial charge is 0.140 e. The number of fused-ring (bicyclic) bond motifs is 1. The monoisotopic (exact) mass is 296 g/mol. The Morgan fingerprint density at radius 2 is 2.26 bits per heavy atom. The quantitative estimate of drug-likeness (QED) is 0.808. The Labute approximate surface area is 124 Å². The predicted molar refractivity (Wildman–Crippen MR) is 77.4 cm³/mol. The zero-order chi connectivity index (χ0) is 12.5. The van der Waals surface area contributed by atoms with E-state index < -0.39 is 0 Å². The number of hydrogen-bond acceptors (Lipinski definition) is 4. The van der Waals surface area contributed by atoms with E-state index in [-0.39, 0.29) is 12.4 Å². The number of halogens is 1. The molecule has 1 fully saturated rings. The van der Waals surface area contributed by atoms with Gasteiger partial charge in [0.15, 0.2) is 0 Å². The third kappa shape index (κ3) is 2.84. The molecule has 0 saturated carbocycles. The third-order valence-corrected chi connectivity index (χ3v) is 4.85. The number of thiophene rings is 1. The van der Waals surface area contributed by atoms with Crippen LogP contribution in [0.15, 0.2) is 12.4 Å². The Morgan fingerprint density at radius 1 is 1.42 bits per heavy atom. The van der Waals surface area contributed by atoms with Crippen LogP contribution in [0.2, 0.25) is 0 Å². The fraction of sp³-hybridized carbons (Fsp3) is 0.571. The molecule has 19 heavy (non-hydrogen) atoms. The standard InChI is InChI=1S/C14H19N3S.ClH/c1-3-11-7-12-13(15-9-16-14(12)18-11)17-6-4-5-10(2)8-17;/h7,9-10H,3-6,8H2,1-2H3;1H/p-1. The summed E-state index contributed by atoms with van der Waals surface area (Å²) in [5, 5.41) is 1.24. The van der Waals surface area contributed by atoms with E-state index in [1.807, 2.05) is 0 Å². The minimum absolute atomic E-state index is 0. The fourth-order valence-corrected chi connectivity index (χ4v) is 3.63. The lowest BCUT2D eigenvalue weighted by molar-refractivity contribution is -0.00000383. The van der Waals surface area contributed by atoms with E-state index in [1.54, 1.807) is 17.7 Å². The maximum atomic E-state index is 4.53. The Morgan fingerprint density at radius 3 is 3.00 bits per heavy atom. The van der Waals surface area contributed by atoms with Gasteiger partial charge >= 0.3 is 0 Å². The van der Waals surface area contributed by atoms with E-state index in [1.165, 1.54) is 23.1 Å². The summed E-state index contributed by atoms with van der Waals surface area (Å²) in [4.78, 5) is 13.9. The Kier molecular flexibility index (Phi) is 4.63. The lowest BCUT2D eigenvalue weighted by Gasteiger charge is -2.32. The second kappa shape index (κ2) is 6.06. The van der Waals surface area contributed by atoms with Gasteiger partial charge in [-0.1, -0.05) is 13.8 Å². The van der Waals surface area contributed by atoms with Crippen LogP contribution < -0.4 is 17.3 Å². The van der Waals surface area contributed by atoms with Gasteiger partial charge in [-0.05, 0) is 31.2 Å². The van der Waals surface area contributed by atoms with Crippen LogP contribution in [0.25, 0.3) is 10.2 Å². The van der Waals surface area contributed by atoms with Crippen molar-refractivity contribution in [2.24, 2.45) is 5.92 Å². The summed E-state index contributed by atoms with van der Waals surface area (Å²) >= 11 is 1.80. The van der Waals surface area contributed by atoms with Gasteiger partial charge in [0, 0.05) is 18.0 Å². The summed E-state index contributed by atoms with van der Waals surface area (Å²) in [5.74, 6) is 1.91. The second-order valence-corrected chi connectivity index (χ2v) is 6.29. The Balaban J connectivity index is 0.00000133. The van der Waals surface area contributed by atoms with Crippen molar-refractivity contribution >= 4 is 27.4 Å². The molecule has 2 aromatic heterocycles. The molecule has 3 nitrogen and oxygen atoms in total. The van der Waals surface area contributed by atoms with Crippen LogP contribution >= 0.6 is 11.3 Å². The molecule has 1 aliphatic heterocycles. The van der Waals surface area contributed by atoms with Gasteiger partial charge in [-0.2, -0.15) is 0 Å². The summed E-state index contributed by atoms with van der Waals surface area (Å²) < 4.78 is 0. The van der Waals surface area contributed by atoms with Crippen LogP contribution in [0.1, 0.15) is 31.6 Å². The molecule has 1 atom stereocenters. The molecule has 0 bridgehead atoms. The first-order valence-corrected chi connectivity index (χ1v) is 7.58. The van der Waals surface area contributed by atoms with Crippen molar-refractivity contribution in [2.45, 2.75) is 33.1 Å². The number of rotatable bonds is 2. The number of piperidine rings is 1. The van der Waals surface area contributed by atoms with E-state index in [0.717, 1.165) is 36.1 Å². The van der Waals surface area contributed by atoms with Crippen molar-refractivity contribution in [1.82, 2.24) is 9.97 Å². The van der Waals surface area contributed by atoms with Crippen LogP contribution in [0.4, 0.5) is 5.82 Å². The minimum atomic E-state index is 0. The first-order valence-electron chi connectivity index (χ1n) is 6.76. The highest BCUT2D eigenvalue weighted by Crippen LogP contribution is 2.32. The normalized spacial score (nSPS) is 19.5. The maximum absolute atomic E-state index is 4.53. The van der Waals surface area contributed by atoms with Gasteiger partial charge in [0.05, 0.1) is 5.39 Å². The number of anilines is 1. The van der Waals surface area contributed by atoms with Gasteiger partial charge in [0.2, 0.25) is 0 Å². The molecule has 0 radical (unpaired) electrons. The van der Waals surface area contributed by atoms with Crippen molar-refractivity contribution < 1.29 is 12.4 Å². The molecular formula is C14H19ClN3S-. The van der Waals surface area contributed by atoms with Crippen LogP contribution in [0.3, 0.4) is 0 Å². The van der Waals surface area contributed by atoms with Crippen molar-refractivity contribution in [3.63, 3.8) is 0 Å². The zero-order valence-corrected chi connectivity index (χ0v) is 13.0. The van der Waals surface area contributed by atoms with E-state index in [2.05, 4.69) is 34.8 Å². The molecule has 0 spiro atoms. The SMILES string of the molecule is CCc1cc2c(N3CCCC(C)C3)ncnc2s1.[Cl-]. The Bertz CT molecular complexity index is 555. The third-order valence-electron chi connectivity index (χ3n) is 3.66. The van der Waals surface area contributed by atoms with Gasteiger partial charge in [-0.25, -0.2) is 9.97 Å². The highest BCUT2D eigenvalue weighted by molar-refractivity contribution is 7.18. The van der Waals surface area contributed by atoms with E-state index in [4.69, 9.17) is 0 Å². The average molecular weight is 297 g/mol. The van der Waals surface area contributed by atoms with Gasteiger partial charge in [0.25, 0.3) is 0 Å². The zero-order valence-electron chi connectivity index (χ0n) is 11.4. The highest BCUT2D eigenvalue weighted by atomic mass is 35.5. The van der Waals surface area contributed by atoms with E-state index in [9.17, 15) is 0 Å². The van der Waals surface area contributed by atoms with Crippen LogP contribution in [0, 0.1) is 5.92 Å². The Hall–Kier alpha value is -0.870. The number of hydrogen-bond donors (Lipinski definition) is 0. The average Bonchev–Trinajstić information content (AvgIpc) is 2.81. The van der Waals surface area contributed by atoms with Crippen molar-refractivity contribution in [3.8, 4) is 0 Å². The maximum Gasteiger partial charge on any atom is 0.140 e. The van der Waals surface area contributed by atoms with Gasteiger partial charge in [0.1, 0.15) is 17.0 Å². The van der Waals surface area contributed by atoms with Crippen molar-refractivity contribution in [1.29, 1.82) is 0 Å². The van der Waals surface area contributed by atoms with Crippen LogP contribution in [0.5, 0.6) is 0 Å². The topological polar surface area (TPSA) is 29.0 Å². The molecule has 0 amide bonds. The number of aromatic nitrogens is 2. The molecule has 104 valence electrons. The molecular weight excluding hydrogens is 278 g/mol. The number of nitrogens with zero attached hydrogens (tertiary/aromatic N) is 3. The molecule has 1 aliphatic rings. The summed E-state index contributed by atoms with van der Waals surface area (Å²) in [6.45, 7) is 6.79. The van der Waals surface area contributed by atoms with Gasteiger partial charge in [-0.3, -0.25) is 0 Å². The first kappa shape index (κ1) is 14.5. The van der Waals surface area contributed by atoms with E-state index >= 15 is 0 Å². The lowest BCUT2D eigenvalue weighted by Crippen LogP contribution is -3.00. The molecule has 2 aromatic rings. The van der Waals surface area contributed by atoms with Crippen molar-refractivity contribution in [3.05, 3.63) is 17.3 Å². The van der Waals surface area contributed by atoms with Gasteiger partial charge < -0.3 is 17.3 Å².